The Bertz CT molecular complexity index is 2180. The number of phenolic OH excluding ortho intramolecular Hbond substituents is 3. The predicted octanol–water partition coefficient (Wildman–Crippen LogP) is 9.61. The van der Waals surface area contributed by atoms with Gasteiger partial charge in [0, 0.05) is 29.1 Å². The van der Waals surface area contributed by atoms with E-state index in [1.54, 1.807) is 30.3 Å². The zero-order chi connectivity index (χ0) is 38.4. The Morgan fingerprint density at radius 1 is 0.870 bits per heavy atom. The summed E-state index contributed by atoms with van der Waals surface area (Å²) in [5.41, 5.74) is 8.92. The number of aryl methyl sites for hydroxylation is 2. The van der Waals surface area contributed by atoms with Crippen LogP contribution >= 0.6 is 0 Å². The smallest absolute Gasteiger partial charge is 0.244 e. The van der Waals surface area contributed by atoms with Crippen LogP contribution < -0.4 is 5.32 Å². The second kappa shape index (κ2) is 14.7. The van der Waals surface area contributed by atoms with Crippen LogP contribution in [0.1, 0.15) is 93.5 Å². The first-order valence-electron chi connectivity index (χ1n) is 19.4. The molecule has 7 nitrogen and oxygen atoms in total. The van der Waals surface area contributed by atoms with Gasteiger partial charge in [0.15, 0.2) is 0 Å². The summed E-state index contributed by atoms with van der Waals surface area (Å²) in [6, 6.07) is 26.7. The van der Waals surface area contributed by atoms with Crippen LogP contribution in [0.5, 0.6) is 17.2 Å². The lowest BCUT2D eigenvalue weighted by atomic mass is 9.55. The van der Waals surface area contributed by atoms with E-state index in [-0.39, 0.29) is 34.5 Å². The summed E-state index contributed by atoms with van der Waals surface area (Å²) in [4.78, 5) is 12.0. The number of benzene rings is 4. The van der Waals surface area contributed by atoms with Crippen LogP contribution in [0.25, 0.3) is 28.2 Å². The molecule has 1 amide bonds. The zero-order valence-corrected chi connectivity index (χ0v) is 32.1. The molecule has 0 spiro atoms. The molecule has 0 bridgehead atoms. The third-order valence-corrected chi connectivity index (χ3v) is 12.3. The van der Waals surface area contributed by atoms with Crippen molar-refractivity contribution in [2.24, 2.45) is 17.3 Å². The number of aromatic nitrogens is 1. The highest BCUT2D eigenvalue weighted by molar-refractivity contribution is 5.93. The molecule has 1 aromatic heterocycles. The molecule has 4 aromatic carbocycles. The molecular formula is C47H54N2O5. The van der Waals surface area contributed by atoms with Gasteiger partial charge in [0.2, 0.25) is 5.91 Å². The van der Waals surface area contributed by atoms with E-state index in [2.05, 4.69) is 41.9 Å². The summed E-state index contributed by atoms with van der Waals surface area (Å²) >= 11 is 0. The lowest BCUT2D eigenvalue weighted by Crippen LogP contribution is -2.43. The second-order valence-electron chi connectivity index (χ2n) is 17.1. The maximum absolute atomic E-state index is 12.0. The molecule has 3 aliphatic rings. The summed E-state index contributed by atoms with van der Waals surface area (Å²) in [5, 5.41) is 43.8. The summed E-state index contributed by atoms with van der Waals surface area (Å²) in [5.74, 6) is 2.83. The largest absolute Gasteiger partial charge is 0.508 e. The number of aliphatic hydroxyl groups excluding tert-OH is 1. The van der Waals surface area contributed by atoms with E-state index >= 15 is 0 Å². The molecule has 1 heterocycles. The molecule has 8 rings (SSSR count). The van der Waals surface area contributed by atoms with Gasteiger partial charge in [-0.2, -0.15) is 0 Å². The van der Waals surface area contributed by atoms with Crippen molar-refractivity contribution in [3.05, 3.63) is 119 Å². The minimum atomic E-state index is -0.269. The number of hydrogen-bond donors (Lipinski definition) is 5. The number of aliphatic hydroxyl groups is 1. The number of nitrogens with zero attached hydrogens (tertiary/aromatic N) is 1. The Hall–Kier alpha value is -5.01. The van der Waals surface area contributed by atoms with Crippen molar-refractivity contribution in [2.45, 2.75) is 97.2 Å². The van der Waals surface area contributed by atoms with E-state index in [0.717, 1.165) is 64.0 Å². The van der Waals surface area contributed by atoms with Crippen molar-refractivity contribution >= 4 is 22.9 Å². The van der Waals surface area contributed by atoms with Crippen LogP contribution in [-0.4, -0.2) is 42.5 Å². The number of phenols is 3. The van der Waals surface area contributed by atoms with Gasteiger partial charge in [-0.15, -0.1) is 0 Å². The van der Waals surface area contributed by atoms with Crippen molar-refractivity contribution in [1.29, 1.82) is 0 Å². The standard InChI is InChI=1S/C29H30N2O3.C18H24O2/c1-19-25-17-24(33)14-15-26(25)31(28(19)22-10-12-23(32)13-11-22)18-21-7-5-20(6-8-21)9-16-27(34)30-29(2,3)4;1-18-9-8-14-13-5-3-12(19)10-11(13)2-4-15(14)16(18)6-7-17(18)20/h5-17,32-33H,18H2,1-4H3,(H,30,34);3,5,10,14-17,19-20H,2,4,6-9H2,1H3/b16-9+;/t;14-,15-,16+,17+,18+/m.1/s1. The van der Waals surface area contributed by atoms with E-state index in [4.69, 9.17) is 0 Å². The Kier molecular flexibility index (Phi) is 10.1. The molecular weight excluding hydrogens is 673 g/mol. The number of carbonyl (C=O) groups is 1. The summed E-state index contributed by atoms with van der Waals surface area (Å²) in [6.45, 7) is 10.9. The molecule has 0 saturated heterocycles. The average molecular weight is 727 g/mol. The highest BCUT2D eigenvalue weighted by Crippen LogP contribution is 2.61. The fourth-order valence-electron chi connectivity index (χ4n) is 9.71. The van der Waals surface area contributed by atoms with Gasteiger partial charge in [0.1, 0.15) is 17.2 Å². The van der Waals surface area contributed by atoms with E-state index in [1.807, 2.05) is 69.3 Å². The van der Waals surface area contributed by atoms with Gasteiger partial charge < -0.3 is 30.3 Å². The SMILES string of the molecule is C[C@]12CC[C@@H]3c4ccc(O)cc4CC[C@H]3[C@@H]1CC[C@@H]2O.Cc1c(-c2ccc(O)cc2)n(Cc2ccc(/C=C/C(=O)NC(C)(C)C)cc2)c2ccc(O)cc12. The maximum atomic E-state index is 12.0. The quantitative estimate of drug-likeness (QED) is 0.116. The fraction of sp³-hybridized carbons (Fsp3) is 0.383. The molecule has 7 heteroatoms. The molecule has 3 aliphatic carbocycles. The molecule has 0 unspecified atom stereocenters. The minimum absolute atomic E-state index is 0.0883. The van der Waals surface area contributed by atoms with Crippen molar-refractivity contribution < 1.29 is 25.2 Å². The van der Waals surface area contributed by atoms with Crippen LogP contribution in [-0.2, 0) is 17.8 Å². The topological polar surface area (TPSA) is 115 Å². The molecule has 0 radical (unpaired) electrons. The third kappa shape index (κ3) is 7.52. The van der Waals surface area contributed by atoms with Crippen molar-refractivity contribution in [1.82, 2.24) is 9.88 Å². The Morgan fingerprint density at radius 3 is 2.28 bits per heavy atom. The maximum Gasteiger partial charge on any atom is 0.244 e. The number of fused-ring (bicyclic) bond motifs is 6. The Labute approximate surface area is 319 Å². The van der Waals surface area contributed by atoms with Gasteiger partial charge in [0.25, 0.3) is 0 Å². The fourth-order valence-corrected chi connectivity index (χ4v) is 9.71. The number of carbonyl (C=O) groups excluding carboxylic acids is 1. The van der Waals surface area contributed by atoms with E-state index < -0.39 is 0 Å². The summed E-state index contributed by atoms with van der Waals surface area (Å²) in [6.07, 6.45) is 10.1. The van der Waals surface area contributed by atoms with Crippen LogP contribution in [0, 0.1) is 24.2 Å². The predicted molar refractivity (Wildman–Crippen MR) is 217 cm³/mol. The number of aromatic hydroxyl groups is 3. The minimum Gasteiger partial charge on any atom is -0.508 e. The monoisotopic (exact) mass is 726 g/mol. The molecule has 2 saturated carbocycles. The van der Waals surface area contributed by atoms with Gasteiger partial charge in [-0.05, 0) is 183 Å². The molecule has 5 atom stereocenters. The first kappa shape index (κ1) is 37.3. The van der Waals surface area contributed by atoms with Crippen LogP contribution in [0.3, 0.4) is 0 Å². The molecule has 54 heavy (non-hydrogen) atoms. The second-order valence-corrected chi connectivity index (χ2v) is 17.1. The highest BCUT2D eigenvalue weighted by atomic mass is 16.3. The lowest BCUT2D eigenvalue weighted by Gasteiger charge is -2.50. The third-order valence-electron chi connectivity index (χ3n) is 12.3. The van der Waals surface area contributed by atoms with E-state index in [0.29, 0.717) is 24.1 Å². The Morgan fingerprint density at radius 2 is 1.56 bits per heavy atom. The van der Waals surface area contributed by atoms with E-state index in [9.17, 15) is 25.2 Å². The molecule has 5 N–H and O–H groups in total. The molecule has 282 valence electrons. The normalized spacial score (nSPS) is 23.3. The number of nitrogens with one attached hydrogen (secondary N) is 1. The Balaban J connectivity index is 0.000000189. The number of rotatable bonds is 5. The molecule has 5 aromatic rings. The first-order chi connectivity index (χ1) is 25.7. The van der Waals surface area contributed by atoms with Crippen LogP contribution in [0.2, 0.25) is 0 Å². The summed E-state index contributed by atoms with van der Waals surface area (Å²) in [7, 11) is 0. The van der Waals surface area contributed by atoms with Gasteiger partial charge in [-0.25, -0.2) is 0 Å². The summed E-state index contributed by atoms with van der Waals surface area (Å²) < 4.78 is 2.23. The molecule has 2 fully saturated rings. The number of hydrogen-bond acceptors (Lipinski definition) is 5. The highest BCUT2D eigenvalue weighted by Gasteiger charge is 2.54. The van der Waals surface area contributed by atoms with Gasteiger partial charge >= 0.3 is 0 Å². The van der Waals surface area contributed by atoms with Gasteiger partial charge in [-0.3, -0.25) is 4.79 Å². The van der Waals surface area contributed by atoms with Crippen molar-refractivity contribution in [3.8, 4) is 28.5 Å². The van der Waals surface area contributed by atoms with Crippen molar-refractivity contribution in [3.63, 3.8) is 0 Å². The zero-order valence-electron chi connectivity index (χ0n) is 32.1. The van der Waals surface area contributed by atoms with E-state index in [1.165, 1.54) is 30.4 Å². The van der Waals surface area contributed by atoms with Gasteiger partial charge in [-0.1, -0.05) is 37.3 Å². The lowest BCUT2D eigenvalue weighted by molar-refractivity contribution is -0.117. The molecule has 0 aliphatic heterocycles. The number of amides is 1. The average Bonchev–Trinajstić information content (AvgIpc) is 3.58. The van der Waals surface area contributed by atoms with Crippen LogP contribution in [0.4, 0.5) is 0 Å². The first-order valence-corrected chi connectivity index (χ1v) is 19.4. The van der Waals surface area contributed by atoms with Crippen molar-refractivity contribution in [2.75, 3.05) is 0 Å². The van der Waals surface area contributed by atoms with Crippen LogP contribution in [0.15, 0.2) is 91.0 Å². The van der Waals surface area contributed by atoms with Gasteiger partial charge in [0.05, 0.1) is 11.8 Å².